The van der Waals surface area contributed by atoms with Gasteiger partial charge in [-0.25, -0.2) is 4.98 Å². The van der Waals surface area contributed by atoms with Gasteiger partial charge in [-0.15, -0.1) is 0 Å². The first-order chi connectivity index (χ1) is 12.1. The number of pyridine rings is 1. The Labute approximate surface area is 145 Å². The molecule has 0 atom stereocenters. The van der Waals surface area contributed by atoms with Gasteiger partial charge in [0.25, 0.3) is 5.91 Å². The van der Waals surface area contributed by atoms with Crippen molar-refractivity contribution >= 4 is 5.91 Å². The van der Waals surface area contributed by atoms with Crippen molar-refractivity contribution in [2.45, 2.75) is 18.4 Å². The highest BCUT2D eigenvalue weighted by Crippen LogP contribution is 2.36. The van der Waals surface area contributed by atoms with Gasteiger partial charge >= 0.3 is 0 Å². The van der Waals surface area contributed by atoms with Crippen LogP contribution in [-0.2, 0) is 5.60 Å². The van der Waals surface area contributed by atoms with Gasteiger partial charge in [-0.2, -0.15) is 4.98 Å². The first-order valence-electron chi connectivity index (χ1n) is 7.94. The molecule has 3 heterocycles. The van der Waals surface area contributed by atoms with Crippen molar-refractivity contribution < 1.29 is 19.4 Å². The molecule has 8 heteroatoms. The molecule has 0 saturated carbocycles. The molecule has 1 saturated heterocycles. The number of methoxy groups -OCH3 is 2. The Bertz CT molecular complexity index is 746. The third-order valence-electron chi connectivity index (χ3n) is 4.37. The van der Waals surface area contributed by atoms with Crippen molar-refractivity contribution in [2.24, 2.45) is 0 Å². The summed E-state index contributed by atoms with van der Waals surface area (Å²) < 4.78 is 10.3. The minimum atomic E-state index is -1.19. The number of amides is 1. The summed E-state index contributed by atoms with van der Waals surface area (Å²) in [6.07, 6.45) is 5.32. The molecule has 1 aliphatic heterocycles. The fourth-order valence-corrected chi connectivity index (χ4v) is 2.91. The molecule has 1 amide bonds. The van der Waals surface area contributed by atoms with Crippen LogP contribution in [0.2, 0.25) is 0 Å². The van der Waals surface area contributed by atoms with Crippen LogP contribution in [0.25, 0.3) is 0 Å². The van der Waals surface area contributed by atoms with E-state index < -0.39 is 5.60 Å². The van der Waals surface area contributed by atoms with Crippen molar-refractivity contribution in [3.05, 3.63) is 42.0 Å². The second kappa shape index (κ2) is 7.02. The number of piperidine rings is 1. The Morgan fingerprint density at radius 3 is 2.48 bits per heavy atom. The number of nitrogens with zero attached hydrogens (tertiary/aromatic N) is 4. The molecule has 2 aromatic heterocycles. The minimum absolute atomic E-state index is 0.0720. The van der Waals surface area contributed by atoms with Gasteiger partial charge in [0.05, 0.1) is 20.4 Å². The predicted octanol–water partition coefficient (Wildman–Crippen LogP) is 1.01. The summed E-state index contributed by atoms with van der Waals surface area (Å²) in [4.78, 5) is 26.6. The zero-order valence-electron chi connectivity index (χ0n) is 14.2. The minimum Gasteiger partial charge on any atom is -0.480 e. The maximum Gasteiger partial charge on any atom is 0.253 e. The van der Waals surface area contributed by atoms with Gasteiger partial charge in [0, 0.05) is 31.0 Å². The quantitative estimate of drug-likeness (QED) is 0.884. The van der Waals surface area contributed by atoms with Crippen LogP contribution in [0.5, 0.6) is 11.8 Å². The van der Waals surface area contributed by atoms with Crippen LogP contribution >= 0.6 is 0 Å². The van der Waals surface area contributed by atoms with E-state index >= 15 is 0 Å². The highest BCUT2D eigenvalue weighted by Gasteiger charge is 2.39. The standard InChI is InChI=1S/C17H20N4O4/c1-24-13-11-19-14(15(20-13)25-2)17(23)5-9-21(10-6-17)16(22)12-3-7-18-8-4-12/h3-4,7-8,11,23H,5-6,9-10H2,1-2H3. The Morgan fingerprint density at radius 1 is 1.20 bits per heavy atom. The van der Waals surface area contributed by atoms with E-state index in [2.05, 4.69) is 15.0 Å². The van der Waals surface area contributed by atoms with Crippen LogP contribution in [0.4, 0.5) is 0 Å². The summed E-state index contributed by atoms with van der Waals surface area (Å²) in [5.74, 6) is 0.475. The fraction of sp³-hybridized carbons (Fsp3) is 0.412. The largest absolute Gasteiger partial charge is 0.480 e. The number of rotatable bonds is 4. The van der Waals surface area contributed by atoms with Gasteiger partial charge in [0.2, 0.25) is 11.8 Å². The van der Waals surface area contributed by atoms with Crippen LogP contribution in [-0.4, -0.2) is 58.2 Å². The second-order valence-electron chi connectivity index (χ2n) is 5.83. The smallest absolute Gasteiger partial charge is 0.253 e. The van der Waals surface area contributed by atoms with E-state index in [1.54, 1.807) is 29.4 Å². The molecule has 1 fully saturated rings. The summed E-state index contributed by atoms with van der Waals surface area (Å²) >= 11 is 0. The lowest BCUT2D eigenvalue weighted by atomic mass is 9.87. The van der Waals surface area contributed by atoms with E-state index in [1.165, 1.54) is 20.4 Å². The molecule has 0 bridgehead atoms. The molecule has 0 aromatic carbocycles. The molecule has 1 N–H and O–H groups in total. The summed E-state index contributed by atoms with van der Waals surface area (Å²) in [7, 11) is 2.96. The molecular weight excluding hydrogens is 324 g/mol. The number of aliphatic hydroxyl groups is 1. The van der Waals surface area contributed by atoms with E-state index in [0.717, 1.165) is 0 Å². The molecule has 8 nitrogen and oxygen atoms in total. The lowest BCUT2D eigenvalue weighted by molar-refractivity contribution is -0.0265. The average Bonchev–Trinajstić information content (AvgIpc) is 2.68. The van der Waals surface area contributed by atoms with Crippen molar-refractivity contribution in [2.75, 3.05) is 27.3 Å². The summed E-state index contributed by atoms with van der Waals surface area (Å²) in [6.45, 7) is 0.822. The highest BCUT2D eigenvalue weighted by atomic mass is 16.5. The van der Waals surface area contributed by atoms with Gasteiger partial charge in [0.15, 0.2) is 0 Å². The zero-order chi connectivity index (χ0) is 17.9. The Hall–Kier alpha value is -2.74. The van der Waals surface area contributed by atoms with Crippen LogP contribution in [0, 0.1) is 0 Å². The van der Waals surface area contributed by atoms with Crippen molar-refractivity contribution in [3.63, 3.8) is 0 Å². The Balaban J connectivity index is 1.76. The number of carbonyl (C=O) groups excluding carboxylic acids is 1. The summed E-state index contributed by atoms with van der Waals surface area (Å²) in [5, 5.41) is 11.0. The molecule has 0 spiro atoms. The van der Waals surface area contributed by atoms with Gasteiger partial charge in [-0.1, -0.05) is 0 Å². The molecule has 3 rings (SSSR count). The summed E-state index contributed by atoms with van der Waals surface area (Å²) in [6, 6.07) is 3.36. The van der Waals surface area contributed by atoms with Gasteiger partial charge < -0.3 is 19.5 Å². The molecule has 1 aliphatic rings. The van der Waals surface area contributed by atoms with Crippen LogP contribution in [0.15, 0.2) is 30.7 Å². The molecule has 0 radical (unpaired) electrons. The predicted molar refractivity (Wildman–Crippen MR) is 88.4 cm³/mol. The normalized spacial score (nSPS) is 16.4. The molecule has 132 valence electrons. The summed E-state index contributed by atoms with van der Waals surface area (Å²) in [5.41, 5.74) is -0.242. The maximum atomic E-state index is 12.5. The van der Waals surface area contributed by atoms with Crippen molar-refractivity contribution in [1.29, 1.82) is 0 Å². The van der Waals surface area contributed by atoms with Crippen molar-refractivity contribution in [1.82, 2.24) is 19.9 Å². The Kier molecular flexibility index (Phi) is 4.80. The first kappa shape index (κ1) is 17.1. The van der Waals surface area contributed by atoms with Crippen LogP contribution in [0.1, 0.15) is 28.9 Å². The van der Waals surface area contributed by atoms with E-state index in [1.807, 2.05) is 0 Å². The SMILES string of the molecule is COc1cnc(C2(O)CCN(C(=O)c3ccncc3)CC2)c(OC)n1. The number of carbonyl (C=O) groups is 1. The maximum absolute atomic E-state index is 12.5. The Morgan fingerprint density at radius 2 is 1.88 bits per heavy atom. The topological polar surface area (TPSA) is 97.7 Å². The molecular formula is C17H20N4O4. The van der Waals surface area contributed by atoms with E-state index in [9.17, 15) is 9.90 Å². The van der Waals surface area contributed by atoms with E-state index in [4.69, 9.17) is 9.47 Å². The number of likely N-dealkylation sites (tertiary alicyclic amines) is 1. The average molecular weight is 344 g/mol. The molecule has 0 aliphatic carbocycles. The molecule has 25 heavy (non-hydrogen) atoms. The van der Waals surface area contributed by atoms with Gasteiger partial charge in [0.1, 0.15) is 11.3 Å². The monoisotopic (exact) mass is 344 g/mol. The zero-order valence-corrected chi connectivity index (χ0v) is 14.2. The van der Waals surface area contributed by atoms with E-state index in [-0.39, 0.29) is 11.8 Å². The third-order valence-corrected chi connectivity index (χ3v) is 4.37. The van der Waals surface area contributed by atoms with Gasteiger partial charge in [-0.05, 0) is 25.0 Å². The van der Waals surface area contributed by atoms with Crippen LogP contribution in [0.3, 0.4) is 0 Å². The highest BCUT2D eigenvalue weighted by molar-refractivity contribution is 5.94. The van der Waals surface area contributed by atoms with Crippen molar-refractivity contribution in [3.8, 4) is 11.8 Å². The lowest BCUT2D eigenvalue weighted by Gasteiger charge is -2.38. The number of aromatic nitrogens is 3. The number of hydrogen-bond acceptors (Lipinski definition) is 7. The second-order valence-corrected chi connectivity index (χ2v) is 5.83. The number of hydrogen-bond donors (Lipinski definition) is 1. The number of ether oxygens (including phenoxy) is 2. The van der Waals surface area contributed by atoms with Crippen LogP contribution < -0.4 is 9.47 Å². The van der Waals surface area contributed by atoms with E-state index in [0.29, 0.717) is 43.1 Å². The lowest BCUT2D eigenvalue weighted by Crippen LogP contribution is -2.45. The third kappa shape index (κ3) is 3.39. The van der Waals surface area contributed by atoms with Gasteiger partial charge in [-0.3, -0.25) is 9.78 Å². The molecule has 0 unspecified atom stereocenters. The molecule has 2 aromatic rings. The first-order valence-corrected chi connectivity index (χ1v) is 7.94. The fourth-order valence-electron chi connectivity index (χ4n) is 2.91.